The number of benzene rings is 1. The number of sulfone groups is 1. The van der Waals surface area contributed by atoms with Crippen molar-refractivity contribution < 1.29 is 29.7 Å². The predicted molar refractivity (Wildman–Crippen MR) is 113 cm³/mol. The average molecular weight is 489 g/mol. The number of sulfonamides is 2. The second kappa shape index (κ2) is 8.32. The molecule has 31 heavy (non-hydrogen) atoms. The number of hydrogen-bond acceptors (Lipinski definition) is 7. The van der Waals surface area contributed by atoms with Crippen molar-refractivity contribution in [2.24, 2.45) is 0 Å². The van der Waals surface area contributed by atoms with Gasteiger partial charge in [-0.25, -0.2) is 25.3 Å². The molecule has 170 valence electrons. The van der Waals surface area contributed by atoms with E-state index in [2.05, 4.69) is 0 Å². The van der Waals surface area contributed by atoms with Crippen molar-refractivity contribution in [3.05, 3.63) is 48.4 Å². The van der Waals surface area contributed by atoms with Gasteiger partial charge in [0.2, 0.25) is 20.0 Å². The van der Waals surface area contributed by atoms with Crippen LogP contribution in [-0.4, -0.2) is 64.5 Å². The minimum atomic E-state index is -4.09. The Morgan fingerprint density at radius 3 is 2.19 bits per heavy atom. The van der Waals surface area contributed by atoms with Gasteiger partial charge in [-0.2, -0.15) is 8.61 Å². The van der Waals surface area contributed by atoms with Crippen LogP contribution in [0.25, 0.3) is 0 Å². The summed E-state index contributed by atoms with van der Waals surface area (Å²) in [5, 5.41) is 0. The molecule has 0 bridgehead atoms. The Labute approximate surface area is 182 Å². The molecule has 1 aromatic heterocycles. The quantitative estimate of drug-likeness (QED) is 0.578. The largest absolute Gasteiger partial charge is 0.468 e. The van der Waals surface area contributed by atoms with Crippen molar-refractivity contribution in [2.75, 3.05) is 24.6 Å². The molecule has 0 spiro atoms. The Bertz CT molecular complexity index is 1230. The lowest BCUT2D eigenvalue weighted by molar-refractivity contribution is 0.307. The molecule has 2 saturated heterocycles. The zero-order valence-electron chi connectivity index (χ0n) is 16.8. The summed E-state index contributed by atoms with van der Waals surface area (Å²) in [6.45, 7) is 0.800. The van der Waals surface area contributed by atoms with Gasteiger partial charge in [-0.3, -0.25) is 0 Å². The summed E-state index contributed by atoms with van der Waals surface area (Å²) in [7, 11) is -11.1. The van der Waals surface area contributed by atoms with Crippen LogP contribution in [-0.2, 0) is 36.4 Å². The molecule has 0 amide bonds. The average Bonchev–Trinajstić information content (AvgIpc) is 3.48. The first-order valence-corrected chi connectivity index (χ1v) is 14.6. The van der Waals surface area contributed by atoms with Gasteiger partial charge in [0.1, 0.15) is 5.76 Å². The van der Waals surface area contributed by atoms with E-state index in [0.717, 1.165) is 17.1 Å². The Morgan fingerprint density at radius 1 is 1.00 bits per heavy atom. The first-order valence-electron chi connectivity index (χ1n) is 9.94. The fraction of sp³-hybridized carbons (Fsp3) is 0.474. The van der Waals surface area contributed by atoms with Gasteiger partial charge in [-0.1, -0.05) is 0 Å². The van der Waals surface area contributed by atoms with Gasteiger partial charge in [0.25, 0.3) is 0 Å². The molecule has 0 radical (unpaired) electrons. The third kappa shape index (κ3) is 4.58. The lowest BCUT2D eigenvalue weighted by atomic mass is 10.2. The Morgan fingerprint density at radius 2 is 1.65 bits per heavy atom. The maximum Gasteiger partial charge on any atom is 0.243 e. The van der Waals surface area contributed by atoms with Crippen molar-refractivity contribution in [1.82, 2.24) is 8.61 Å². The maximum absolute atomic E-state index is 13.4. The van der Waals surface area contributed by atoms with Gasteiger partial charge in [0, 0.05) is 19.1 Å². The van der Waals surface area contributed by atoms with Crippen molar-refractivity contribution in [2.45, 2.75) is 41.6 Å². The van der Waals surface area contributed by atoms with Crippen LogP contribution in [0.15, 0.2) is 56.9 Å². The molecule has 2 aromatic rings. The number of furan rings is 1. The number of rotatable bonds is 7. The van der Waals surface area contributed by atoms with E-state index in [1.165, 1.54) is 34.8 Å². The van der Waals surface area contributed by atoms with E-state index in [-0.39, 0.29) is 34.3 Å². The Balaban J connectivity index is 1.65. The zero-order chi connectivity index (χ0) is 22.3. The molecule has 2 fully saturated rings. The molecule has 12 heteroatoms. The first kappa shape index (κ1) is 22.5. The summed E-state index contributed by atoms with van der Waals surface area (Å²) in [4.78, 5) is -0.0573. The summed E-state index contributed by atoms with van der Waals surface area (Å²) in [5.74, 6) is 0.0598. The summed E-state index contributed by atoms with van der Waals surface area (Å²) in [6.07, 6.45) is 3.22. The van der Waals surface area contributed by atoms with Gasteiger partial charge in [0.15, 0.2) is 9.84 Å². The molecule has 2 aliphatic rings. The highest BCUT2D eigenvalue weighted by Gasteiger charge is 2.39. The summed E-state index contributed by atoms with van der Waals surface area (Å²) < 4.78 is 84.0. The van der Waals surface area contributed by atoms with Crippen molar-refractivity contribution >= 4 is 29.9 Å². The Hall–Kier alpha value is -1.73. The van der Waals surface area contributed by atoms with E-state index in [1.54, 1.807) is 12.1 Å². The minimum Gasteiger partial charge on any atom is -0.468 e. The maximum atomic E-state index is 13.4. The highest BCUT2D eigenvalue weighted by Crippen LogP contribution is 2.29. The summed E-state index contributed by atoms with van der Waals surface area (Å²) in [6, 6.07) is 7.64. The molecule has 0 aliphatic carbocycles. The van der Waals surface area contributed by atoms with Gasteiger partial charge in [-0.05, 0) is 55.7 Å². The standard InChI is InChI=1S/C19H24N2O7S3/c22-29(23)13-9-16(15-29)21(14-17-4-3-12-28-17)31(26,27)19-7-5-18(6-8-19)30(24,25)20-10-1-2-11-20/h3-8,12,16H,1-2,9-11,13-15H2. The fourth-order valence-corrected chi connectivity index (χ4v) is 8.93. The van der Waals surface area contributed by atoms with Crippen LogP contribution >= 0.6 is 0 Å². The third-order valence-electron chi connectivity index (χ3n) is 5.64. The van der Waals surface area contributed by atoms with Crippen LogP contribution in [0.2, 0.25) is 0 Å². The van der Waals surface area contributed by atoms with E-state index in [0.29, 0.717) is 18.8 Å². The molecule has 0 saturated carbocycles. The van der Waals surface area contributed by atoms with Crippen LogP contribution in [0, 0.1) is 0 Å². The monoisotopic (exact) mass is 488 g/mol. The topological polar surface area (TPSA) is 122 Å². The SMILES string of the molecule is O=S1(=O)CCC(N(Cc2ccco2)S(=O)(=O)c2ccc(S(=O)(=O)N3CCCC3)cc2)C1. The van der Waals surface area contributed by atoms with Crippen LogP contribution < -0.4 is 0 Å². The molecule has 2 aliphatic heterocycles. The van der Waals surface area contributed by atoms with Crippen molar-refractivity contribution in [3.8, 4) is 0 Å². The first-order chi connectivity index (χ1) is 14.6. The molecule has 4 rings (SSSR count). The summed E-state index contributed by atoms with van der Waals surface area (Å²) >= 11 is 0. The second-order valence-electron chi connectivity index (χ2n) is 7.77. The van der Waals surface area contributed by atoms with E-state index in [4.69, 9.17) is 4.42 Å². The van der Waals surface area contributed by atoms with Gasteiger partial charge in [-0.15, -0.1) is 0 Å². The highest BCUT2D eigenvalue weighted by atomic mass is 32.2. The zero-order valence-corrected chi connectivity index (χ0v) is 19.2. The highest BCUT2D eigenvalue weighted by molar-refractivity contribution is 7.92. The predicted octanol–water partition coefficient (Wildman–Crippen LogP) is 1.44. The number of hydrogen-bond donors (Lipinski definition) is 0. The molecular formula is C19H24N2O7S3. The van der Waals surface area contributed by atoms with Gasteiger partial charge >= 0.3 is 0 Å². The third-order valence-corrected chi connectivity index (χ3v) is 11.2. The van der Waals surface area contributed by atoms with Crippen molar-refractivity contribution in [3.63, 3.8) is 0 Å². The molecule has 0 N–H and O–H groups in total. The molecule has 3 heterocycles. The van der Waals surface area contributed by atoms with E-state index >= 15 is 0 Å². The second-order valence-corrected chi connectivity index (χ2v) is 13.8. The van der Waals surface area contributed by atoms with E-state index in [9.17, 15) is 25.3 Å². The van der Waals surface area contributed by atoms with Crippen LogP contribution in [0.5, 0.6) is 0 Å². The minimum absolute atomic E-state index is 0.0365. The van der Waals surface area contributed by atoms with Gasteiger partial charge < -0.3 is 4.42 Å². The molecule has 9 nitrogen and oxygen atoms in total. The molecule has 1 unspecified atom stereocenters. The van der Waals surface area contributed by atoms with E-state index in [1.807, 2.05) is 0 Å². The van der Waals surface area contributed by atoms with Crippen molar-refractivity contribution in [1.29, 1.82) is 0 Å². The summed E-state index contributed by atoms with van der Waals surface area (Å²) in [5.41, 5.74) is 0. The van der Waals surface area contributed by atoms with Crippen LogP contribution in [0.1, 0.15) is 25.0 Å². The fourth-order valence-electron chi connectivity index (χ4n) is 3.97. The Kier molecular flexibility index (Phi) is 6.03. The normalized spacial score (nSPS) is 22.3. The van der Waals surface area contributed by atoms with Gasteiger partial charge in [0.05, 0.1) is 34.1 Å². The number of nitrogens with zero attached hydrogens (tertiary/aromatic N) is 2. The lowest BCUT2D eigenvalue weighted by Gasteiger charge is -2.26. The van der Waals surface area contributed by atoms with E-state index < -0.39 is 35.9 Å². The lowest BCUT2D eigenvalue weighted by Crippen LogP contribution is -2.40. The smallest absolute Gasteiger partial charge is 0.243 e. The molecular weight excluding hydrogens is 464 g/mol. The molecule has 1 aromatic carbocycles. The van der Waals surface area contributed by atoms with Crippen LogP contribution in [0.3, 0.4) is 0 Å². The van der Waals surface area contributed by atoms with Crippen LogP contribution in [0.4, 0.5) is 0 Å². The molecule has 1 atom stereocenters.